The monoisotopic (exact) mass is 534 g/mol. The predicted molar refractivity (Wildman–Crippen MR) is 178 cm³/mol. The van der Waals surface area contributed by atoms with Crippen LogP contribution in [0.3, 0.4) is 0 Å². The topological polar surface area (TPSA) is 9.23 Å². The molecule has 0 N–H and O–H groups in total. The van der Waals surface area contributed by atoms with Crippen molar-refractivity contribution in [1.82, 2.24) is 0 Å². The van der Waals surface area contributed by atoms with Gasteiger partial charge in [-0.3, -0.25) is 0 Å². The van der Waals surface area contributed by atoms with E-state index in [1.165, 1.54) is 27.8 Å². The molecule has 0 spiro atoms. The molecule has 5 aromatic carbocycles. The summed E-state index contributed by atoms with van der Waals surface area (Å²) < 4.78 is 4.83. The van der Waals surface area contributed by atoms with E-state index in [9.17, 15) is 0 Å². The summed E-state index contributed by atoms with van der Waals surface area (Å²) in [6.07, 6.45) is 0. The molecule has 40 heavy (non-hydrogen) atoms. The molecule has 1 heteroatoms. The van der Waals surface area contributed by atoms with E-state index < -0.39 is 0 Å². The molecular formula is C39H50O. The molecule has 5 rings (SSSR count). The quantitative estimate of drug-likeness (QED) is 0.219. The van der Waals surface area contributed by atoms with Gasteiger partial charge < -0.3 is 4.74 Å². The van der Waals surface area contributed by atoms with E-state index in [0.29, 0.717) is 0 Å². The summed E-state index contributed by atoms with van der Waals surface area (Å²) >= 11 is 0. The van der Waals surface area contributed by atoms with E-state index in [1.54, 1.807) is 0 Å². The van der Waals surface area contributed by atoms with E-state index in [4.69, 9.17) is 4.74 Å². The summed E-state index contributed by atoms with van der Waals surface area (Å²) in [4.78, 5) is 0. The molecule has 0 unspecified atom stereocenters. The minimum absolute atomic E-state index is 0.844. The van der Waals surface area contributed by atoms with Crippen LogP contribution in [0.4, 0.5) is 0 Å². The maximum absolute atomic E-state index is 4.83. The predicted octanol–water partition coefficient (Wildman–Crippen LogP) is 11.0. The van der Waals surface area contributed by atoms with Crippen molar-refractivity contribution in [3.05, 3.63) is 179 Å². The molecule has 0 fully saturated rings. The Morgan fingerprint density at radius 3 is 0.500 bits per heavy atom. The highest BCUT2D eigenvalue weighted by molar-refractivity contribution is 5.14. The molecule has 0 aromatic heterocycles. The lowest BCUT2D eigenvalue weighted by molar-refractivity contribution is 0.162. The number of ether oxygens (including phenoxy) is 1. The second-order valence-corrected chi connectivity index (χ2v) is 9.05. The van der Waals surface area contributed by atoms with Crippen LogP contribution in [0, 0.1) is 34.6 Å². The van der Waals surface area contributed by atoms with Gasteiger partial charge >= 0.3 is 0 Å². The lowest BCUT2D eigenvalue weighted by Gasteiger charge is -1.86. The van der Waals surface area contributed by atoms with E-state index in [-0.39, 0.29) is 0 Å². The van der Waals surface area contributed by atoms with Crippen molar-refractivity contribution in [1.29, 1.82) is 0 Å². The smallest absolute Gasteiger partial charge is 0.0437 e. The van der Waals surface area contributed by atoms with Crippen LogP contribution in [-0.4, -0.2) is 13.2 Å². The van der Waals surface area contributed by atoms with Gasteiger partial charge in [0.1, 0.15) is 0 Å². The molecule has 0 aliphatic rings. The van der Waals surface area contributed by atoms with Crippen molar-refractivity contribution in [2.45, 2.75) is 48.5 Å². The van der Waals surface area contributed by atoms with Crippen LogP contribution in [0.1, 0.15) is 41.7 Å². The summed E-state index contributed by atoms with van der Waals surface area (Å²) in [6.45, 7) is 16.1. The largest absolute Gasteiger partial charge is 0.382 e. The molecule has 0 aliphatic heterocycles. The standard InChI is InChI=1S/5C7H8.C4H10O/c5*1-7-5-3-2-4-6-7;1-3-5-4-2/h5*2-6H,1H3;3-4H2,1-2H3. The van der Waals surface area contributed by atoms with Crippen LogP contribution in [0.15, 0.2) is 152 Å². The fourth-order valence-corrected chi connectivity index (χ4v) is 2.88. The van der Waals surface area contributed by atoms with Crippen molar-refractivity contribution in [2.24, 2.45) is 0 Å². The van der Waals surface area contributed by atoms with E-state index >= 15 is 0 Å². The molecule has 5 aromatic rings. The molecular weight excluding hydrogens is 484 g/mol. The number of hydrogen-bond acceptors (Lipinski definition) is 1. The molecule has 0 radical (unpaired) electrons. The van der Waals surface area contributed by atoms with Gasteiger partial charge in [0.25, 0.3) is 0 Å². The third-order valence-electron chi connectivity index (χ3n) is 5.11. The SMILES string of the molecule is CCOCC.Cc1ccccc1.Cc1ccccc1.Cc1ccccc1.Cc1ccccc1.Cc1ccccc1. The second kappa shape index (κ2) is 26.7. The normalized spacial score (nSPS) is 8.68. The highest BCUT2D eigenvalue weighted by Gasteiger charge is 1.74. The Morgan fingerprint density at radius 1 is 0.300 bits per heavy atom. The first kappa shape index (κ1) is 36.1. The summed E-state index contributed by atoms with van der Waals surface area (Å²) in [6, 6.07) is 51.3. The van der Waals surface area contributed by atoms with Crippen LogP contribution in [0.2, 0.25) is 0 Å². The second-order valence-electron chi connectivity index (χ2n) is 9.05. The van der Waals surface area contributed by atoms with Gasteiger partial charge in [0, 0.05) is 13.2 Å². The Labute approximate surface area is 245 Å². The van der Waals surface area contributed by atoms with E-state index in [0.717, 1.165) is 13.2 Å². The lowest BCUT2D eigenvalue weighted by atomic mass is 10.2. The van der Waals surface area contributed by atoms with E-state index in [2.05, 4.69) is 95.3 Å². The Kier molecular flexibility index (Phi) is 24.0. The van der Waals surface area contributed by atoms with Gasteiger partial charge in [0.05, 0.1) is 0 Å². The zero-order valence-corrected chi connectivity index (χ0v) is 25.8. The minimum atomic E-state index is 0.844. The molecule has 0 saturated carbocycles. The molecule has 0 bridgehead atoms. The van der Waals surface area contributed by atoms with Gasteiger partial charge in [-0.05, 0) is 48.5 Å². The van der Waals surface area contributed by atoms with Crippen LogP contribution in [0.25, 0.3) is 0 Å². The number of benzene rings is 5. The van der Waals surface area contributed by atoms with Crippen LogP contribution in [0.5, 0.6) is 0 Å². The van der Waals surface area contributed by atoms with Crippen molar-refractivity contribution in [2.75, 3.05) is 13.2 Å². The zero-order valence-electron chi connectivity index (χ0n) is 25.8. The average Bonchev–Trinajstić information content (AvgIpc) is 2.97. The zero-order chi connectivity index (χ0) is 29.7. The maximum atomic E-state index is 4.83. The van der Waals surface area contributed by atoms with Gasteiger partial charge in [0.2, 0.25) is 0 Å². The first-order chi connectivity index (χ1) is 19.4. The summed E-state index contributed by atoms with van der Waals surface area (Å²) in [5.74, 6) is 0. The first-order valence-electron chi connectivity index (χ1n) is 14.0. The molecule has 0 aliphatic carbocycles. The average molecular weight is 535 g/mol. The van der Waals surface area contributed by atoms with Crippen LogP contribution >= 0.6 is 0 Å². The van der Waals surface area contributed by atoms with Gasteiger partial charge in [-0.25, -0.2) is 0 Å². The van der Waals surface area contributed by atoms with Crippen molar-refractivity contribution in [3.8, 4) is 0 Å². The Morgan fingerprint density at radius 2 is 0.450 bits per heavy atom. The Bertz CT molecular complexity index is 920. The highest BCUT2D eigenvalue weighted by Crippen LogP contribution is 1.94. The summed E-state index contributed by atoms with van der Waals surface area (Å²) in [7, 11) is 0. The molecule has 0 saturated heterocycles. The third kappa shape index (κ3) is 25.7. The highest BCUT2D eigenvalue weighted by atomic mass is 16.5. The molecule has 1 nitrogen and oxygen atoms in total. The van der Waals surface area contributed by atoms with Gasteiger partial charge in [0.15, 0.2) is 0 Å². The molecule has 212 valence electrons. The fraction of sp³-hybridized carbons (Fsp3) is 0.231. The molecule has 0 atom stereocenters. The van der Waals surface area contributed by atoms with Crippen LogP contribution < -0.4 is 0 Å². The minimum Gasteiger partial charge on any atom is -0.382 e. The molecule has 0 amide bonds. The van der Waals surface area contributed by atoms with Crippen LogP contribution in [-0.2, 0) is 4.74 Å². The first-order valence-corrected chi connectivity index (χ1v) is 14.0. The summed E-state index contributed by atoms with van der Waals surface area (Å²) in [5.41, 5.74) is 6.61. The third-order valence-corrected chi connectivity index (χ3v) is 5.11. The van der Waals surface area contributed by atoms with Gasteiger partial charge in [-0.15, -0.1) is 0 Å². The number of aryl methyl sites for hydroxylation is 5. The molecule has 0 heterocycles. The lowest BCUT2D eigenvalue weighted by Crippen LogP contribution is -1.84. The van der Waals surface area contributed by atoms with Crippen molar-refractivity contribution in [3.63, 3.8) is 0 Å². The maximum Gasteiger partial charge on any atom is 0.0437 e. The number of hydrogen-bond donors (Lipinski definition) is 0. The number of rotatable bonds is 2. The Balaban J connectivity index is 0.000000458. The van der Waals surface area contributed by atoms with Gasteiger partial charge in [-0.1, -0.05) is 179 Å². The fourth-order valence-electron chi connectivity index (χ4n) is 2.88. The van der Waals surface area contributed by atoms with Gasteiger partial charge in [-0.2, -0.15) is 0 Å². The Hall–Kier alpha value is -3.94. The summed E-state index contributed by atoms with van der Waals surface area (Å²) in [5, 5.41) is 0. The van der Waals surface area contributed by atoms with Crippen molar-refractivity contribution < 1.29 is 4.74 Å². The van der Waals surface area contributed by atoms with E-state index in [1.807, 2.05) is 105 Å². The van der Waals surface area contributed by atoms with Crippen molar-refractivity contribution >= 4 is 0 Å².